The third kappa shape index (κ3) is 7.21. The Hall–Kier alpha value is -3.07. The first-order chi connectivity index (χ1) is 15.8. The SMILES string of the molecule is Cc1nc(/C(N)=C(\CNc2cc(OCC(C)C)ncn2)N(C)N)ccc1OC1CCCCC1. The number of aromatic nitrogens is 3. The van der Waals surface area contributed by atoms with Crippen LogP contribution in [0.4, 0.5) is 5.82 Å². The Morgan fingerprint density at radius 3 is 2.64 bits per heavy atom. The van der Waals surface area contributed by atoms with Crippen LogP contribution in [0.1, 0.15) is 57.3 Å². The summed E-state index contributed by atoms with van der Waals surface area (Å²) >= 11 is 0. The van der Waals surface area contributed by atoms with Gasteiger partial charge in [0, 0.05) is 13.1 Å². The van der Waals surface area contributed by atoms with Crippen LogP contribution in [0, 0.1) is 12.8 Å². The molecular formula is C24H37N7O2. The molecule has 3 rings (SSSR count). The average molecular weight is 456 g/mol. The molecule has 0 aliphatic heterocycles. The molecule has 0 unspecified atom stereocenters. The number of nitrogens with two attached hydrogens (primary N) is 2. The zero-order chi connectivity index (χ0) is 23.8. The molecule has 1 saturated carbocycles. The lowest BCUT2D eigenvalue weighted by Crippen LogP contribution is -2.32. The number of pyridine rings is 1. The lowest BCUT2D eigenvalue weighted by atomic mass is 9.98. The molecule has 0 bridgehead atoms. The van der Waals surface area contributed by atoms with E-state index in [4.69, 9.17) is 21.1 Å². The van der Waals surface area contributed by atoms with Crippen LogP contribution in [0.15, 0.2) is 30.2 Å². The number of anilines is 1. The Morgan fingerprint density at radius 1 is 1.21 bits per heavy atom. The van der Waals surface area contributed by atoms with Gasteiger partial charge in [-0.25, -0.2) is 20.8 Å². The molecule has 0 spiro atoms. The Labute approximate surface area is 196 Å². The second-order valence-electron chi connectivity index (χ2n) is 8.93. The molecule has 0 radical (unpaired) electrons. The first-order valence-corrected chi connectivity index (χ1v) is 11.6. The molecule has 0 atom stereocenters. The molecule has 180 valence electrons. The maximum absolute atomic E-state index is 6.48. The van der Waals surface area contributed by atoms with E-state index in [0.29, 0.717) is 47.9 Å². The van der Waals surface area contributed by atoms with Gasteiger partial charge in [0.2, 0.25) is 5.88 Å². The molecule has 0 amide bonds. The van der Waals surface area contributed by atoms with Crippen LogP contribution in [0.25, 0.3) is 5.70 Å². The molecule has 2 heterocycles. The number of hydrogen-bond donors (Lipinski definition) is 3. The van der Waals surface area contributed by atoms with Gasteiger partial charge >= 0.3 is 0 Å². The minimum absolute atomic E-state index is 0.273. The quantitative estimate of drug-likeness (QED) is 0.365. The van der Waals surface area contributed by atoms with Crippen molar-refractivity contribution >= 4 is 11.5 Å². The van der Waals surface area contributed by atoms with Gasteiger partial charge < -0.3 is 25.5 Å². The maximum atomic E-state index is 6.48. The van der Waals surface area contributed by atoms with Gasteiger partial charge in [-0.2, -0.15) is 0 Å². The fourth-order valence-electron chi connectivity index (χ4n) is 3.68. The zero-order valence-electron chi connectivity index (χ0n) is 20.2. The predicted octanol–water partition coefficient (Wildman–Crippen LogP) is 3.47. The lowest BCUT2D eigenvalue weighted by molar-refractivity contribution is 0.153. The molecule has 9 heteroatoms. The summed E-state index contributed by atoms with van der Waals surface area (Å²) in [5.74, 6) is 8.45. The second kappa shape index (κ2) is 11.7. The molecule has 2 aromatic rings. The van der Waals surface area contributed by atoms with Crippen molar-refractivity contribution in [3.8, 4) is 11.6 Å². The van der Waals surface area contributed by atoms with E-state index in [1.165, 1.54) is 30.6 Å². The third-order valence-electron chi connectivity index (χ3n) is 5.54. The monoisotopic (exact) mass is 455 g/mol. The maximum Gasteiger partial charge on any atom is 0.218 e. The van der Waals surface area contributed by atoms with Crippen molar-refractivity contribution in [2.24, 2.45) is 17.5 Å². The topological polar surface area (TPSA) is 124 Å². The lowest BCUT2D eigenvalue weighted by Gasteiger charge is -2.24. The number of likely N-dealkylation sites (N-methyl/N-ethyl adjacent to an activating group) is 1. The van der Waals surface area contributed by atoms with E-state index in [1.807, 2.05) is 19.1 Å². The Morgan fingerprint density at radius 2 is 1.97 bits per heavy atom. The van der Waals surface area contributed by atoms with Crippen molar-refractivity contribution in [1.82, 2.24) is 20.0 Å². The highest BCUT2D eigenvalue weighted by Gasteiger charge is 2.17. The van der Waals surface area contributed by atoms with Gasteiger partial charge in [0.1, 0.15) is 17.9 Å². The second-order valence-corrected chi connectivity index (χ2v) is 8.93. The van der Waals surface area contributed by atoms with Gasteiger partial charge in [-0.3, -0.25) is 0 Å². The molecule has 1 aliphatic carbocycles. The molecule has 5 N–H and O–H groups in total. The van der Waals surface area contributed by atoms with Crippen molar-refractivity contribution in [1.29, 1.82) is 0 Å². The van der Waals surface area contributed by atoms with Crippen molar-refractivity contribution < 1.29 is 9.47 Å². The zero-order valence-corrected chi connectivity index (χ0v) is 20.2. The molecule has 9 nitrogen and oxygen atoms in total. The van der Waals surface area contributed by atoms with Crippen LogP contribution in [-0.4, -0.2) is 46.3 Å². The van der Waals surface area contributed by atoms with Crippen LogP contribution in [-0.2, 0) is 0 Å². The number of rotatable bonds is 10. The van der Waals surface area contributed by atoms with Gasteiger partial charge in [-0.15, -0.1) is 0 Å². The minimum Gasteiger partial charge on any atom is -0.489 e. The normalized spacial score (nSPS) is 15.2. The molecule has 2 aromatic heterocycles. The molecular weight excluding hydrogens is 418 g/mol. The van der Waals surface area contributed by atoms with Gasteiger partial charge in [-0.05, 0) is 50.7 Å². The van der Waals surface area contributed by atoms with Crippen LogP contribution in [0.3, 0.4) is 0 Å². The van der Waals surface area contributed by atoms with Crippen LogP contribution < -0.4 is 26.4 Å². The molecule has 1 aliphatic rings. The van der Waals surface area contributed by atoms with E-state index in [1.54, 1.807) is 13.1 Å². The smallest absolute Gasteiger partial charge is 0.218 e. The summed E-state index contributed by atoms with van der Waals surface area (Å²) in [5, 5.41) is 4.73. The van der Waals surface area contributed by atoms with Gasteiger partial charge in [-0.1, -0.05) is 20.3 Å². The number of nitrogens with zero attached hydrogens (tertiary/aromatic N) is 4. The highest BCUT2D eigenvalue weighted by molar-refractivity contribution is 5.64. The summed E-state index contributed by atoms with van der Waals surface area (Å²) in [7, 11) is 1.74. The number of aryl methyl sites for hydroxylation is 1. The number of nitrogens with one attached hydrogen (secondary N) is 1. The molecule has 33 heavy (non-hydrogen) atoms. The Bertz CT molecular complexity index is 940. The third-order valence-corrected chi connectivity index (χ3v) is 5.54. The average Bonchev–Trinajstić information content (AvgIpc) is 2.80. The van der Waals surface area contributed by atoms with Crippen LogP contribution >= 0.6 is 0 Å². The number of hydrazine groups is 1. The van der Waals surface area contributed by atoms with Crippen molar-refractivity contribution in [2.45, 2.75) is 59.0 Å². The van der Waals surface area contributed by atoms with E-state index < -0.39 is 0 Å². The van der Waals surface area contributed by atoms with Gasteiger partial charge in [0.25, 0.3) is 0 Å². The molecule has 1 fully saturated rings. The van der Waals surface area contributed by atoms with Crippen LogP contribution in [0.5, 0.6) is 11.6 Å². The van der Waals surface area contributed by atoms with E-state index in [2.05, 4.69) is 34.1 Å². The van der Waals surface area contributed by atoms with Crippen molar-refractivity contribution in [3.05, 3.63) is 41.6 Å². The Kier molecular flexibility index (Phi) is 8.71. The fourth-order valence-corrected chi connectivity index (χ4v) is 3.68. The largest absolute Gasteiger partial charge is 0.489 e. The first-order valence-electron chi connectivity index (χ1n) is 11.6. The van der Waals surface area contributed by atoms with Crippen molar-refractivity contribution in [3.63, 3.8) is 0 Å². The molecule has 0 aromatic carbocycles. The van der Waals surface area contributed by atoms with E-state index in [0.717, 1.165) is 24.3 Å². The summed E-state index contributed by atoms with van der Waals surface area (Å²) in [6.07, 6.45) is 7.68. The summed E-state index contributed by atoms with van der Waals surface area (Å²) < 4.78 is 11.9. The predicted molar refractivity (Wildman–Crippen MR) is 130 cm³/mol. The van der Waals surface area contributed by atoms with Gasteiger partial charge in [0.05, 0.1) is 42.0 Å². The minimum atomic E-state index is 0.273. The highest BCUT2D eigenvalue weighted by Crippen LogP contribution is 2.26. The standard InChI is InChI=1S/C24H37N7O2/c1-16(2)14-32-23-12-22(28-15-29-23)27-13-20(31(4)26)24(25)19-10-11-21(17(3)30-19)33-18-8-6-5-7-9-18/h10-12,15-16,18H,5-9,13-14,25-26H2,1-4H3,(H,27,28,29)/b24-20-. The summed E-state index contributed by atoms with van der Waals surface area (Å²) in [6, 6.07) is 5.59. The summed E-state index contributed by atoms with van der Waals surface area (Å²) in [5.41, 5.74) is 9.12. The molecule has 0 saturated heterocycles. The Balaban J connectivity index is 1.71. The fraction of sp³-hybridized carbons (Fsp3) is 0.542. The summed E-state index contributed by atoms with van der Waals surface area (Å²) in [4.78, 5) is 13.1. The number of ether oxygens (including phenoxy) is 2. The van der Waals surface area contributed by atoms with Crippen molar-refractivity contribution in [2.75, 3.05) is 25.5 Å². The van der Waals surface area contributed by atoms with Crippen LogP contribution in [0.2, 0.25) is 0 Å². The van der Waals surface area contributed by atoms with E-state index in [9.17, 15) is 0 Å². The summed E-state index contributed by atoms with van der Waals surface area (Å²) in [6.45, 7) is 7.06. The number of hydrogen-bond acceptors (Lipinski definition) is 9. The van der Waals surface area contributed by atoms with E-state index >= 15 is 0 Å². The first kappa shape index (κ1) is 24.6. The highest BCUT2D eigenvalue weighted by atomic mass is 16.5. The van der Waals surface area contributed by atoms with E-state index in [-0.39, 0.29) is 6.10 Å². The van der Waals surface area contributed by atoms with Gasteiger partial charge in [0.15, 0.2) is 0 Å².